The first-order valence-electron chi connectivity index (χ1n) is 4.66. The maximum absolute atomic E-state index is 11.6. The summed E-state index contributed by atoms with van der Waals surface area (Å²) in [5.41, 5.74) is 6.29. The molecule has 0 spiro atoms. The highest BCUT2D eigenvalue weighted by molar-refractivity contribution is 7.86. The topological polar surface area (TPSA) is 69.4 Å². The molecule has 1 atom stereocenters. The summed E-state index contributed by atoms with van der Waals surface area (Å²) < 4.78 is 28.1. The largest absolute Gasteiger partial charge is 0.328 e. The molecule has 15 heavy (non-hydrogen) atoms. The van der Waals surface area contributed by atoms with Crippen molar-refractivity contribution in [1.29, 1.82) is 0 Å². The first-order chi connectivity index (χ1) is 6.95. The van der Waals surface area contributed by atoms with E-state index in [9.17, 15) is 8.42 Å². The summed E-state index contributed by atoms with van der Waals surface area (Å²) in [4.78, 5) is 0.161. The summed E-state index contributed by atoms with van der Waals surface area (Å²) in [5.74, 6) is 0. The van der Waals surface area contributed by atoms with Gasteiger partial charge in [0.15, 0.2) is 0 Å². The Morgan fingerprint density at radius 1 is 1.33 bits per heavy atom. The fraction of sp³-hybridized carbons (Fsp3) is 0.400. The van der Waals surface area contributed by atoms with Crippen LogP contribution >= 0.6 is 0 Å². The van der Waals surface area contributed by atoms with Crippen LogP contribution in [0.3, 0.4) is 0 Å². The maximum atomic E-state index is 11.6. The molecule has 84 valence electrons. The number of hydrogen-bond acceptors (Lipinski definition) is 4. The van der Waals surface area contributed by atoms with Gasteiger partial charge in [-0.15, -0.1) is 0 Å². The van der Waals surface area contributed by atoms with Crippen LogP contribution in [0.4, 0.5) is 0 Å². The molecule has 0 aliphatic carbocycles. The summed E-state index contributed by atoms with van der Waals surface area (Å²) in [5, 5.41) is 0. The van der Waals surface area contributed by atoms with Crippen molar-refractivity contribution < 1.29 is 12.6 Å². The molecular weight excluding hydrogens is 214 g/mol. The molecule has 1 aromatic carbocycles. The molecule has 0 aliphatic heterocycles. The fourth-order valence-electron chi connectivity index (χ4n) is 1.02. The Kier molecular flexibility index (Phi) is 3.84. The molecule has 0 bridgehead atoms. The van der Waals surface area contributed by atoms with Crippen LogP contribution in [0.25, 0.3) is 0 Å². The van der Waals surface area contributed by atoms with Gasteiger partial charge < -0.3 is 5.73 Å². The van der Waals surface area contributed by atoms with Gasteiger partial charge in [-0.05, 0) is 26.0 Å². The van der Waals surface area contributed by atoms with Crippen LogP contribution in [-0.2, 0) is 14.3 Å². The van der Waals surface area contributed by atoms with Crippen molar-refractivity contribution in [2.24, 2.45) is 5.73 Å². The molecule has 0 saturated heterocycles. The number of hydrogen-bond donors (Lipinski definition) is 1. The molecule has 0 aromatic heterocycles. The van der Waals surface area contributed by atoms with Gasteiger partial charge in [0.2, 0.25) is 0 Å². The molecule has 0 radical (unpaired) electrons. The molecule has 4 nitrogen and oxygen atoms in total. The summed E-state index contributed by atoms with van der Waals surface area (Å²) >= 11 is 0. The van der Waals surface area contributed by atoms with Crippen LogP contribution in [0.1, 0.15) is 12.5 Å². The molecular formula is C10H15NO3S. The van der Waals surface area contributed by atoms with Crippen molar-refractivity contribution in [1.82, 2.24) is 0 Å². The standard InChI is InChI=1S/C10H15NO3S/c1-8-3-5-10(6-4-8)15(12,13)14-9(2)7-11/h3-6,9H,7,11H2,1-2H3. The van der Waals surface area contributed by atoms with E-state index in [-0.39, 0.29) is 11.4 Å². The van der Waals surface area contributed by atoms with Gasteiger partial charge in [-0.1, -0.05) is 17.7 Å². The fourth-order valence-corrected chi connectivity index (χ4v) is 2.11. The molecule has 0 saturated carbocycles. The van der Waals surface area contributed by atoms with E-state index in [1.165, 1.54) is 12.1 Å². The van der Waals surface area contributed by atoms with E-state index in [1.54, 1.807) is 19.1 Å². The van der Waals surface area contributed by atoms with E-state index >= 15 is 0 Å². The van der Waals surface area contributed by atoms with Gasteiger partial charge in [0.1, 0.15) is 0 Å². The average molecular weight is 229 g/mol. The van der Waals surface area contributed by atoms with E-state index in [0.29, 0.717) is 0 Å². The zero-order valence-corrected chi connectivity index (χ0v) is 9.62. The predicted molar refractivity (Wildman–Crippen MR) is 58.0 cm³/mol. The quantitative estimate of drug-likeness (QED) is 0.783. The molecule has 0 amide bonds. The Morgan fingerprint density at radius 3 is 2.33 bits per heavy atom. The zero-order valence-electron chi connectivity index (χ0n) is 8.80. The van der Waals surface area contributed by atoms with E-state index in [2.05, 4.69) is 0 Å². The van der Waals surface area contributed by atoms with Crippen molar-refractivity contribution in [2.75, 3.05) is 6.54 Å². The number of nitrogens with two attached hydrogens (primary N) is 1. The van der Waals surface area contributed by atoms with Gasteiger partial charge in [0.05, 0.1) is 11.0 Å². The maximum Gasteiger partial charge on any atom is 0.297 e. The van der Waals surface area contributed by atoms with Crippen LogP contribution in [0.15, 0.2) is 29.2 Å². The zero-order chi connectivity index (χ0) is 11.5. The Morgan fingerprint density at radius 2 is 1.87 bits per heavy atom. The van der Waals surface area contributed by atoms with Crippen molar-refractivity contribution in [3.05, 3.63) is 29.8 Å². The first kappa shape index (κ1) is 12.2. The SMILES string of the molecule is Cc1ccc(S(=O)(=O)OC(C)CN)cc1. The third-order valence-corrected chi connectivity index (χ3v) is 3.36. The van der Waals surface area contributed by atoms with Gasteiger partial charge in [0.25, 0.3) is 10.1 Å². The Bertz CT molecular complexity index is 411. The smallest absolute Gasteiger partial charge is 0.297 e. The van der Waals surface area contributed by atoms with E-state index in [1.807, 2.05) is 6.92 Å². The van der Waals surface area contributed by atoms with Gasteiger partial charge >= 0.3 is 0 Å². The average Bonchev–Trinajstić information content (AvgIpc) is 2.17. The lowest BCUT2D eigenvalue weighted by Crippen LogP contribution is -2.23. The second-order valence-corrected chi connectivity index (χ2v) is 4.98. The predicted octanol–water partition coefficient (Wildman–Crippen LogP) is 1.05. The van der Waals surface area contributed by atoms with Crippen LogP contribution in [0.2, 0.25) is 0 Å². The molecule has 0 heterocycles. The van der Waals surface area contributed by atoms with Gasteiger partial charge in [-0.2, -0.15) is 8.42 Å². The lowest BCUT2D eigenvalue weighted by molar-refractivity contribution is 0.236. The van der Waals surface area contributed by atoms with Crippen molar-refractivity contribution in [2.45, 2.75) is 24.8 Å². The molecule has 1 aromatic rings. The number of rotatable bonds is 4. The third-order valence-electron chi connectivity index (χ3n) is 1.93. The second kappa shape index (κ2) is 4.74. The van der Waals surface area contributed by atoms with Crippen LogP contribution < -0.4 is 5.73 Å². The van der Waals surface area contributed by atoms with Gasteiger partial charge in [-0.3, -0.25) is 4.18 Å². The molecule has 0 aliphatic rings. The number of aryl methyl sites for hydroxylation is 1. The summed E-state index contributed by atoms with van der Waals surface area (Å²) in [6.45, 7) is 3.68. The highest BCUT2D eigenvalue weighted by atomic mass is 32.2. The van der Waals surface area contributed by atoms with E-state index in [0.717, 1.165) is 5.56 Å². The minimum absolute atomic E-state index is 0.161. The molecule has 0 fully saturated rings. The van der Waals surface area contributed by atoms with E-state index in [4.69, 9.17) is 9.92 Å². The molecule has 2 N–H and O–H groups in total. The van der Waals surface area contributed by atoms with Crippen molar-refractivity contribution >= 4 is 10.1 Å². The Balaban J connectivity index is 2.91. The van der Waals surface area contributed by atoms with Crippen LogP contribution in [0, 0.1) is 6.92 Å². The van der Waals surface area contributed by atoms with Crippen LogP contribution in [0.5, 0.6) is 0 Å². The number of benzene rings is 1. The lowest BCUT2D eigenvalue weighted by atomic mass is 10.2. The molecule has 5 heteroatoms. The third kappa shape index (κ3) is 3.30. The molecule has 1 rings (SSSR count). The van der Waals surface area contributed by atoms with Gasteiger partial charge in [0, 0.05) is 6.54 Å². The highest BCUT2D eigenvalue weighted by Gasteiger charge is 2.17. The summed E-state index contributed by atoms with van der Waals surface area (Å²) in [6.07, 6.45) is -0.503. The van der Waals surface area contributed by atoms with E-state index < -0.39 is 16.2 Å². The second-order valence-electron chi connectivity index (χ2n) is 3.41. The summed E-state index contributed by atoms with van der Waals surface area (Å²) in [7, 11) is -3.67. The Hall–Kier alpha value is -0.910. The molecule has 1 unspecified atom stereocenters. The minimum Gasteiger partial charge on any atom is -0.328 e. The van der Waals surface area contributed by atoms with Crippen LogP contribution in [-0.4, -0.2) is 21.1 Å². The highest BCUT2D eigenvalue weighted by Crippen LogP contribution is 2.14. The minimum atomic E-state index is -3.67. The summed E-state index contributed by atoms with van der Waals surface area (Å²) in [6, 6.07) is 6.49. The Labute approximate surface area is 90.2 Å². The first-order valence-corrected chi connectivity index (χ1v) is 6.06. The lowest BCUT2D eigenvalue weighted by Gasteiger charge is -2.10. The van der Waals surface area contributed by atoms with Gasteiger partial charge in [-0.25, -0.2) is 0 Å². The van der Waals surface area contributed by atoms with Crippen molar-refractivity contribution in [3.8, 4) is 0 Å². The normalized spacial score (nSPS) is 13.8. The van der Waals surface area contributed by atoms with Crippen molar-refractivity contribution in [3.63, 3.8) is 0 Å². The monoisotopic (exact) mass is 229 g/mol.